The van der Waals surface area contributed by atoms with Crippen molar-refractivity contribution >= 4 is 17.6 Å². The Morgan fingerprint density at radius 2 is 1.86 bits per heavy atom. The zero-order valence-electron chi connectivity index (χ0n) is 20.2. The molecule has 35 heavy (non-hydrogen) atoms. The summed E-state index contributed by atoms with van der Waals surface area (Å²) in [6.45, 7) is 2.89. The number of carbonyl (C=O) groups is 2. The quantitative estimate of drug-likeness (QED) is 0.469. The number of fused-ring (bicyclic) bond motifs is 1. The third-order valence-corrected chi connectivity index (χ3v) is 7.12. The van der Waals surface area contributed by atoms with E-state index in [4.69, 9.17) is 4.84 Å². The van der Waals surface area contributed by atoms with Crippen LogP contribution in [0.25, 0.3) is 0 Å². The Morgan fingerprint density at radius 1 is 1.14 bits per heavy atom. The van der Waals surface area contributed by atoms with E-state index in [2.05, 4.69) is 34.6 Å². The van der Waals surface area contributed by atoms with Gasteiger partial charge in [0.1, 0.15) is 5.54 Å². The molecule has 3 N–H and O–H groups in total. The van der Waals surface area contributed by atoms with Gasteiger partial charge in [-0.1, -0.05) is 36.4 Å². The third-order valence-electron chi connectivity index (χ3n) is 7.12. The molecule has 8 nitrogen and oxygen atoms in total. The van der Waals surface area contributed by atoms with E-state index in [0.717, 1.165) is 50.7 Å². The van der Waals surface area contributed by atoms with Gasteiger partial charge in [-0.2, -0.15) is 0 Å². The van der Waals surface area contributed by atoms with Crippen LogP contribution in [0, 0.1) is 5.92 Å². The molecule has 0 amide bonds. The molecular formula is C27H33N3O5. The highest BCUT2D eigenvalue weighted by molar-refractivity contribution is 5.97. The summed E-state index contributed by atoms with van der Waals surface area (Å²) in [4.78, 5) is 33.9. The predicted molar refractivity (Wildman–Crippen MR) is 133 cm³/mol. The molecule has 2 aromatic carbocycles. The Morgan fingerprint density at radius 3 is 2.49 bits per heavy atom. The first-order valence-corrected chi connectivity index (χ1v) is 12.0. The number of likely N-dealkylation sites (tertiary alicyclic amines) is 1. The van der Waals surface area contributed by atoms with E-state index in [1.54, 1.807) is 0 Å². The number of carboxylic acids is 2. The Hall–Kier alpha value is -3.36. The first-order chi connectivity index (χ1) is 16.8. The molecule has 0 spiro atoms. The largest absolute Gasteiger partial charge is 0.478 e. The maximum atomic E-state index is 12.2. The average Bonchev–Trinajstić information content (AvgIpc) is 3.21. The maximum absolute atomic E-state index is 12.2. The van der Waals surface area contributed by atoms with Crippen molar-refractivity contribution in [1.29, 1.82) is 0 Å². The van der Waals surface area contributed by atoms with Gasteiger partial charge in [0.15, 0.2) is 5.75 Å². The van der Waals surface area contributed by atoms with Crippen molar-refractivity contribution in [1.82, 2.24) is 10.4 Å². The lowest BCUT2D eigenvalue weighted by molar-refractivity contribution is -0.136. The number of aliphatic carboxylic acids is 2. The molecular weight excluding hydrogens is 446 g/mol. The SMILES string of the molecule is CN(C)c1ccc2c(c1)ONC2(CCC1CCN(Cc2ccccc2)CC1)/C(=C\C(=O)O)C(=O)O. The van der Waals surface area contributed by atoms with Crippen LogP contribution in [-0.4, -0.2) is 54.2 Å². The number of anilines is 1. The van der Waals surface area contributed by atoms with Gasteiger partial charge in [0.05, 0.1) is 5.57 Å². The highest BCUT2D eigenvalue weighted by Crippen LogP contribution is 2.46. The average molecular weight is 480 g/mol. The van der Waals surface area contributed by atoms with Crippen molar-refractivity contribution in [2.75, 3.05) is 32.1 Å². The summed E-state index contributed by atoms with van der Waals surface area (Å²) in [6.07, 6.45) is 4.00. The minimum atomic E-state index is -1.30. The fourth-order valence-corrected chi connectivity index (χ4v) is 5.13. The molecule has 8 heteroatoms. The number of hydrogen-bond acceptors (Lipinski definition) is 6. The summed E-state index contributed by atoms with van der Waals surface area (Å²) in [5.74, 6) is -1.63. The summed E-state index contributed by atoms with van der Waals surface area (Å²) in [7, 11) is 3.82. The number of rotatable bonds is 9. The summed E-state index contributed by atoms with van der Waals surface area (Å²) in [6, 6.07) is 16.0. The Balaban J connectivity index is 1.51. The second-order valence-electron chi connectivity index (χ2n) is 9.63. The smallest absolute Gasteiger partial charge is 0.334 e. The second kappa shape index (κ2) is 10.5. The van der Waals surface area contributed by atoms with Gasteiger partial charge in [-0.25, -0.2) is 9.59 Å². The number of benzene rings is 2. The van der Waals surface area contributed by atoms with Crippen LogP contribution in [0.5, 0.6) is 5.75 Å². The minimum Gasteiger partial charge on any atom is -0.478 e. The molecule has 186 valence electrons. The summed E-state index contributed by atoms with van der Waals surface area (Å²) in [5.41, 5.74) is 4.34. The van der Waals surface area contributed by atoms with E-state index >= 15 is 0 Å². The van der Waals surface area contributed by atoms with Crippen LogP contribution >= 0.6 is 0 Å². The fourth-order valence-electron chi connectivity index (χ4n) is 5.13. The number of nitrogens with zero attached hydrogens (tertiary/aromatic N) is 2. The summed E-state index contributed by atoms with van der Waals surface area (Å²) < 4.78 is 0. The number of piperidine rings is 1. The normalized spacial score (nSPS) is 20.8. The van der Waals surface area contributed by atoms with E-state index in [-0.39, 0.29) is 5.57 Å². The highest BCUT2D eigenvalue weighted by Gasteiger charge is 2.47. The van der Waals surface area contributed by atoms with Crippen LogP contribution in [0.1, 0.15) is 36.8 Å². The topological polar surface area (TPSA) is 102 Å². The molecule has 2 heterocycles. The molecule has 1 fully saturated rings. The van der Waals surface area contributed by atoms with E-state index in [9.17, 15) is 19.8 Å². The first kappa shape index (κ1) is 24.8. The molecule has 2 aromatic rings. The van der Waals surface area contributed by atoms with Crippen LogP contribution < -0.4 is 15.2 Å². The molecule has 4 rings (SSSR count). The molecule has 2 aliphatic rings. The van der Waals surface area contributed by atoms with Crippen molar-refractivity contribution in [3.63, 3.8) is 0 Å². The molecule has 1 unspecified atom stereocenters. The van der Waals surface area contributed by atoms with Gasteiger partial charge in [0.2, 0.25) is 0 Å². The maximum Gasteiger partial charge on any atom is 0.334 e. The standard InChI is InChI=1S/C27H33N3O5/c1-29(2)21-8-9-22-24(16-21)35-28-27(22,23(26(33)34)17-25(31)32)13-10-19-11-14-30(15-12-19)18-20-6-4-3-5-7-20/h3-9,16-17,19,28H,10-15,18H2,1-2H3,(H,31,32)(H,33,34)/b23-17-. The Bertz CT molecular complexity index is 1090. The molecule has 0 aromatic heterocycles. The summed E-state index contributed by atoms with van der Waals surface area (Å²) >= 11 is 0. The monoisotopic (exact) mass is 479 g/mol. The lowest BCUT2D eigenvalue weighted by Gasteiger charge is -2.35. The lowest BCUT2D eigenvalue weighted by Crippen LogP contribution is -2.44. The Labute approximate surface area is 205 Å². The minimum absolute atomic E-state index is 0.220. The van der Waals surface area contributed by atoms with E-state index in [1.165, 1.54) is 5.56 Å². The van der Waals surface area contributed by atoms with Crippen LogP contribution in [0.3, 0.4) is 0 Å². The molecule has 0 saturated carbocycles. The zero-order chi connectivity index (χ0) is 25.0. The van der Waals surface area contributed by atoms with E-state index < -0.39 is 17.5 Å². The van der Waals surface area contributed by atoms with Crippen molar-refractivity contribution in [3.05, 3.63) is 71.3 Å². The van der Waals surface area contributed by atoms with Crippen LogP contribution in [0.4, 0.5) is 5.69 Å². The van der Waals surface area contributed by atoms with E-state index in [1.807, 2.05) is 43.3 Å². The Kier molecular flexibility index (Phi) is 7.42. The predicted octanol–water partition coefficient (Wildman–Crippen LogP) is 3.63. The van der Waals surface area contributed by atoms with Gasteiger partial charge in [-0.05, 0) is 56.3 Å². The van der Waals surface area contributed by atoms with Gasteiger partial charge >= 0.3 is 11.9 Å². The number of carboxylic acid groups (broad SMARTS) is 2. The fraction of sp³-hybridized carbons (Fsp3) is 0.407. The molecule has 0 bridgehead atoms. The van der Waals surface area contributed by atoms with E-state index in [0.29, 0.717) is 23.7 Å². The molecule has 1 saturated heterocycles. The zero-order valence-corrected chi connectivity index (χ0v) is 20.2. The molecule has 1 atom stereocenters. The molecule has 0 radical (unpaired) electrons. The summed E-state index contributed by atoms with van der Waals surface area (Å²) in [5, 5.41) is 19.4. The molecule has 0 aliphatic carbocycles. The number of hydrogen-bond donors (Lipinski definition) is 3. The van der Waals surface area contributed by atoms with Crippen molar-refractivity contribution < 1.29 is 24.6 Å². The van der Waals surface area contributed by atoms with Crippen LogP contribution in [-0.2, 0) is 21.7 Å². The van der Waals surface area contributed by atoms with Gasteiger partial charge in [-0.15, -0.1) is 5.48 Å². The number of nitrogens with one attached hydrogen (secondary N) is 1. The van der Waals surface area contributed by atoms with Crippen molar-refractivity contribution in [3.8, 4) is 5.75 Å². The van der Waals surface area contributed by atoms with Gasteiger partial charge in [0.25, 0.3) is 0 Å². The van der Waals surface area contributed by atoms with Crippen LogP contribution in [0.2, 0.25) is 0 Å². The van der Waals surface area contributed by atoms with Gasteiger partial charge in [0, 0.05) is 44.0 Å². The van der Waals surface area contributed by atoms with Crippen molar-refractivity contribution in [2.45, 2.75) is 37.8 Å². The van der Waals surface area contributed by atoms with Gasteiger partial charge < -0.3 is 20.0 Å². The van der Waals surface area contributed by atoms with Crippen LogP contribution in [0.15, 0.2) is 60.2 Å². The lowest BCUT2D eigenvalue weighted by atomic mass is 9.76. The highest BCUT2D eigenvalue weighted by atomic mass is 16.7. The first-order valence-electron chi connectivity index (χ1n) is 12.0. The second-order valence-corrected chi connectivity index (χ2v) is 9.63. The van der Waals surface area contributed by atoms with Crippen molar-refractivity contribution in [2.24, 2.45) is 5.92 Å². The third kappa shape index (κ3) is 5.49. The van der Waals surface area contributed by atoms with Gasteiger partial charge in [-0.3, -0.25) is 4.90 Å². The number of hydroxylamine groups is 1. The molecule has 2 aliphatic heterocycles.